The largest absolute Gasteiger partial charge is 0.368 e. The molecule has 0 aliphatic rings. The van der Waals surface area contributed by atoms with Crippen molar-refractivity contribution in [2.24, 2.45) is 5.73 Å². The Kier molecular flexibility index (Phi) is 3.45. The molecule has 0 unspecified atom stereocenters. The van der Waals surface area contributed by atoms with Gasteiger partial charge in [0.2, 0.25) is 5.91 Å². The third-order valence-electron chi connectivity index (χ3n) is 2.30. The number of benzene rings is 1. The Morgan fingerprint density at radius 1 is 1.33 bits per heavy atom. The molecule has 0 heterocycles. The first-order valence-electron chi connectivity index (χ1n) is 4.89. The van der Waals surface area contributed by atoms with Crippen LogP contribution < -0.4 is 5.73 Å². The summed E-state index contributed by atoms with van der Waals surface area (Å²) in [6, 6.07) is 6.22. The number of hydrogen-bond acceptors (Lipinski definition) is 2. The fourth-order valence-corrected chi connectivity index (χ4v) is 2.27. The van der Waals surface area contributed by atoms with Gasteiger partial charge in [-0.2, -0.15) is 0 Å². The minimum Gasteiger partial charge on any atom is -0.368 e. The van der Waals surface area contributed by atoms with Crippen molar-refractivity contribution in [3.05, 3.63) is 29.3 Å². The molecule has 0 radical (unpaired) electrons. The van der Waals surface area contributed by atoms with E-state index in [1.54, 1.807) is 0 Å². The van der Waals surface area contributed by atoms with E-state index in [0.29, 0.717) is 0 Å². The van der Waals surface area contributed by atoms with E-state index >= 15 is 0 Å². The second-order valence-corrected chi connectivity index (χ2v) is 5.91. The van der Waals surface area contributed by atoms with Crippen molar-refractivity contribution >= 4 is 17.7 Å². The summed E-state index contributed by atoms with van der Waals surface area (Å²) >= 11 is 1.52. The van der Waals surface area contributed by atoms with Gasteiger partial charge in [-0.15, -0.1) is 11.8 Å². The molecule has 2 nitrogen and oxygen atoms in total. The van der Waals surface area contributed by atoms with Crippen molar-refractivity contribution in [2.75, 3.05) is 0 Å². The molecule has 15 heavy (non-hydrogen) atoms. The lowest BCUT2D eigenvalue weighted by molar-refractivity contribution is -0.119. The highest BCUT2D eigenvalue weighted by Crippen LogP contribution is 2.34. The molecule has 0 bridgehead atoms. The Labute approximate surface area is 95.2 Å². The number of amides is 1. The number of aryl methyl sites for hydroxylation is 2. The van der Waals surface area contributed by atoms with Crippen LogP contribution in [0.15, 0.2) is 23.1 Å². The van der Waals surface area contributed by atoms with Gasteiger partial charge in [0, 0.05) is 4.90 Å². The SMILES string of the molecule is Cc1ccc(C)c(SC(C)(C)C(N)=O)c1. The van der Waals surface area contributed by atoms with Gasteiger partial charge in [0.25, 0.3) is 0 Å². The van der Waals surface area contributed by atoms with Crippen LogP contribution >= 0.6 is 11.8 Å². The molecular formula is C12H17NOS. The molecule has 82 valence electrons. The highest BCUT2D eigenvalue weighted by atomic mass is 32.2. The van der Waals surface area contributed by atoms with E-state index in [4.69, 9.17) is 5.73 Å². The molecule has 1 rings (SSSR count). The second kappa shape index (κ2) is 4.27. The average molecular weight is 223 g/mol. The third kappa shape index (κ3) is 2.99. The maximum absolute atomic E-state index is 11.2. The standard InChI is InChI=1S/C12H17NOS/c1-8-5-6-9(2)10(7-8)15-12(3,4)11(13)14/h5-7H,1-4H3,(H2,13,14). The van der Waals surface area contributed by atoms with Crippen LogP contribution in [0, 0.1) is 13.8 Å². The van der Waals surface area contributed by atoms with E-state index in [0.717, 1.165) is 4.90 Å². The van der Waals surface area contributed by atoms with Gasteiger partial charge in [0.1, 0.15) is 0 Å². The Balaban J connectivity index is 2.99. The first-order valence-corrected chi connectivity index (χ1v) is 5.71. The zero-order chi connectivity index (χ0) is 11.6. The van der Waals surface area contributed by atoms with Crippen LogP contribution in [0.3, 0.4) is 0 Å². The molecule has 3 heteroatoms. The lowest BCUT2D eigenvalue weighted by Gasteiger charge is -2.21. The Bertz CT molecular complexity index is 385. The topological polar surface area (TPSA) is 43.1 Å². The predicted molar refractivity (Wildman–Crippen MR) is 65.0 cm³/mol. The fourth-order valence-electron chi connectivity index (χ4n) is 1.14. The molecule has 2 N–H and O–H groups in total. The minimum atomic E-state index is -0.557. The molecule has 0 atom stereocenters. The number of hydrogen-bond donors (Lipinski definition) is 1. The fraction of sp³-hybridized carbons (Fsp3) is 0.417. The highest BCUT2D eigenvalue weighted by Gasteiger charge is 2.26. The van der Waals surface area contributed by atoms with E-state index in [2.05, 4.69) is 18.2 Å². The predicted octanol–water partition coefficient (Wildman–Crippen LogP) is 2.66. The van der Waals surface area contributed by atoms with Crippen molar-refractivity contribution in [1.29, 1.82) is 0 Å². The zero-order valence-corrected chi connectivity index (χ0v) is 10.4. The average Bonchev–Trinajstić information content (AvgIpc) is 2.10. The number of primary amides is 1. The number of rotatable bonds is 3. The van der Waals surface area contributed by atoms with Gasteiger partial charge < -0.3 is 5.73 Å². The monoisotopic (exact) mass is 223 g/mol. The summed E-state index contributed by atoms with van der Waals surface area (Å²) in [5, 5.41) is 0. The summed E-state index contributed by atoms with van der Waals surface area (Å²) in [6.45, 7) is 7.78. The van der Waals surface area contributed by atoms with Gasteiger partial charge in [-0.1, -0.05) is 17.7 Å². The molecular weight excluding hydrogens is 206 g/mol. The number of thioether (sulfide) groups is 1. The van der Waals surface area contributed by atoms with Crippen LogP contribution in [0.2, 0.25) is 0 Å². The van der Waals surface area contributed by atoms with E-state index in [1.165, 1.54) is 22.9 Å². The quantitative estimate of drug-likeness (QED) is 0.801. The van der Waals surface area contributed by atoms with E-state index < -0.39 is 4.75 Å². The first-order chi connectivity index (χ1) is 6.83. The van der Waals surface area contributed by atoms with Crippen molar-refractivity contribution < 1.29 is 4.79 Å². The summed E-state index contributed by atoms with van der Waals surface area (Å²) in [6.07, 6.45) is 0. The molecule has 0 aromatic heterocycles. The maximum atomic E-state index is 11.2. The number of nitrogens with two attached hydrogens (primary N) is 1. The van der Waals surface area contributed by atoms with Gasteiger partial charge in [0.15, 0.2) is 0 Å². The van der Waals surface area contributed by atoms with Crippen LogP contribution in [-0.4, -0.2) is 10.7 Å². The number of carbonyl (C=O) groups is 1. The van der Waals surface area contributed by atoms with Gasteiger partial charge in [-0.05, 0) is 39.3 Å². The van der Waals surface area contributed by atoms with Crippen molar-refractivity contribution in [1.82, 2.24) is 0 Å². The minimum absolute atomic E-state index is 0.284. The molecule has 0 saturated carbocycles. The summed E-state index contributed by atoms with van der Waals surface area (Å²) in [7, 11) is 0. The highest BCUT2D eigenvalue weighted by molar-refractivity contribution is 8.01. The lowest BCUT2D eigenvalue weighted by atomic mass is 10.2. The second-order valence-electron chi connectivity index (χ2n) is 4.25. The molecule has 1 aromatic carbocycles. The van der Waals surface area contributed by atoms with E-state index in [1.807, 2.05) is 27.7 Å². The number of carbonyl (C=O) groups excluding carboxylic acids is 1. The van der Waals surface area contributed by atoms with Gasteiger partial charge >= 0.3 is 0 Å². The van der Waals surface area contributed by atoms with Gasteiger partial charge in [-0.3, -0.25) is 4.79 Å². The van der Waals surface area contributed by atoms with Crippen LogP contribution in [0.5, 0.6) is 0 Å². The summed E-state index contributed by atoms with van der Waals surface area (Å²) < 4.78 is -0.557. The van der Waals surface area contributed by atoms with Crippen molar-refractivity contribution in [3.63, 3.8) is 0 Å². The molecule has 0 fully saturated rings. The van der Waals surface area contributed by atoms with Gasteiger partial charge in [0.05, 0.1) is 4.75 Å². The van der Waals surface area contributed by atoms with Gasteiger partial charge in [-0.25, -0.2) is 0 Å². The molecule has 1 amide bonds. The molecule has 0 aliphatic carbocycles. The maximum Gasteiger partial charge on any atom is 0.233 e. The van der Waals surface area contributed by atoms with Crippen molar-refractivity contribution in [2.45, 2.75) is 37.3 Å². The van der Waals surface area contributed by atoms with Crippen LogP contribution in [0.1, 0.15) is 25.0 Å². The molecule has 0 aliphatic heterocycles. The van der Waals surface area contributed by atoms with Crippen LogP contribution in [0.4, 0.5) is 0 Å². The Hall–Kier alpha value is -0.960. The Morgan fingerprint density at radius 3 is 2.47 bits per heavy atom. The smallest absolute Gasteiger partial charge is 0.233 e. The summed E-state index contributed by atoms with van der Waals surface area (Å²) in [4.78, 5) is 12.3. The lowest BCUT2D eigenvalue weighted by Crippen LogP contribution is -2.34. The first kappa shape index (κ1) is 12.1. The van der Waals surface area contributed by atoms with E-state index in [-0.39, 0.29) is 5.91 Å². The summed E-state index contributed by atoms with van der Waals surface area (Å²) in [5.41, 5.74) is 7.72. The van der Waals surface area contributed by atoms with Crippen molar-refractivity contribution in [3.8, 4) is 0 Å². The van der Waals surface area contributed by atoms with Crippen LogP contribution in [0.25, 0.3) is 0 Å². The molecule has 1 aromatic rings. The van der Waals surface area contributed by atoms with Crippen LogP contribution in [-0.2, 0) is 4.79 Å². The van der Waals surface area contributed by atoms with E-state index in [9.17, 15) is 4.79 Å². The zero-order valence-electron chi connectivity index (χ0n) is 9.63. The Morgan fingerprint density at radius 2 is 1.93 bits per heavy atom. The normalized spacial score (nSPS) is 11.5. The summed E-state index contributed by atoms with van der Waals surface area (Å²) in [5.74, 6) is -0.284. The molecule has 0 spiro atoms. The third-order valence-corrected chi connectivity index (χ3v) is 3.67. The molecule has 0 saturated heterocycles.